The third-order valence-corrected chi connectivity index (χ3v) is 9.86. The van der Waals surface area contributed by atoms with E-state index in [9.17, 15) is 0 Å². The highest BCUT2D eigenvalue weighted by Gasteiger charge is 2.51. The first-order valence-electron chi connectivity index (χ1n) is 19.7. The zero-order valence-electron chi connectivity index (χ0n) is 31.9. The molecule has 1 aliphatic rings. The molecule has 0 bridgehead atoms. The molecule has 1 aliphatic heterocycles. The van der Waals surface area contributed by atoms with Gasteiger partial charge in [0.1, 0.15) is 11.9 Å². The summed E-state index contributed by atoms with van der Waals surface area (Å²) in [5.74, 6) is -0.391. The molecule has 0 saturated carbocycles. The van der Waals surface area contributed by atoms with Gasteiger partial charge in [0.05, 0.1) is 39.1 Å². The fourth-order valence-corrected chi connectivity index (χ4v) is 6.87. The van der Waals surface area contributed by atoms with Crippen LogP contribution in [0.2, 0.25) is 0 Å². The highest BCUT2D eigenvalue weighted by Crippen LogP contribution is 2.39. The normalized spacial score (nSPS) is 19.0. The van der Waals surface area contributed by atoms with Crippen LogP contribution in [0.5, 0.6) is 0 Å². The number of hydrogen-bond donors (Lipinski definition) is 0. The molecule has 4 aromatic rings. The fraction of sp³-hybridized carbons (Fsp3) is 0.447. The third-order valence-electron chi connectivity index (χ3n) is 9.86. The summed E-state index contributed by atoms with van der Waals surface area (Å²) in [7, 11) is 1.73. The molecule has 0 radical (unpaired) electrons. The van der Waals surface area contributed by atoms with Crippen molar-refractivity contribution in [1.82, 2.24) is 0 Å². The minimum atomic E-state index is -1.16. The van der Waals surface area contributed by atoms with Crippen molar-refractivity contribution < 1.29 is 28.4 Å². The first kappa shape index (κ1) is 40.4. The molecule has 6 heteroatoms. The average molecular weight is 721 g/mol. The average Bonchev–Trinajstić information content (AvgIpc) is 3.21. The Morgan fingerprint density at radius 3 is 1.68 bits per heavy atom. The molecular weight excluding hydrogens is 661 g/mol. The van der Waals surface area contributed by atoms with Crippen molar-refractivity contribution in [3.8, 4) is 0 Å². The Labute approximate surface area is 318 Å². The Balaban J connectivity index is 1.39. The topological polar surface area (TPSA) is 55.4 Å². The van der Waals surface area contributed by atoms with Gasteiger partial charge in [0, 0.05) is 20.0 Å². The van der Waals surface area contributed by atoms with E-state index < -0.39 is 18.0 Å². The van der Waals surface area contributed by atoms with E-state index in [0.29, 0.717) is 45.9 Å². The Bertz CT molecular complexity index is 1550. The van der Waals surface area contributed by atoms with Gasteiger partial charge in [0.15, 0.2) is 6.10 Å². The van der Waals surface area contributed by atoms with E-state index in [2.05, 4.69) is 73.7 Å². The molecule has 0 spiro atoms. The SMILES string of the molecule is CCCCCCCCC[C@H](C[C@]1(OC)OC(CCOCc2ccccc2)=C[C@H](OCc2ccccc2)[C@@H]1OCc1ccccc1)OCc1ccccc1. The molecule has 1 heterocycles. The van der Waals surface area contributed by atoms with Crippen molar-refractivity contribution >= 4 is 0 Å². The summed E-state index contributed by atoms with van der Waals surface area (Å²) in [6.45, 7) is 4.63. The molecule has 5 rings (SSSR count). The van der Waals surface area contributed by atoms with E-state index in [0.717, 1.165) is 40.9 Å². The Morgan fingerprint density at radius 2 is 1.11 bits per heavy atom. The number of benzene rings is 4. The van der Waals surface area contributed by atoms with E-state index in [4.69, 9.17) is 28.4 Å². The highest BCUT2D eigenvalue weighted by atomic mass is 16.7. The van der Waals surface area contributed by atoms with Crippen LogP contribution in [-0.2, 0) is 54.8 Å². The van der Waals surface area contributed by atoms with E-state index in [1.54, 1.807) is 7.11 Å². The van der Waals surface area contributed by atoms with Crippen molar-refractivity contribution in [3.05, 3.63) is 155 Å². The van der Waals surface area contributed by atoms with Gasteiger partial charge < -0.3 is 28.4 Å². The largest absolute Gasteiger partial charge is 0.464 e. The first-order chi connectivity index (χ1) is 26.2. The molecule has 0 amide bonds. The van der Waals surface area contributed by atoms with Crippen molar-refractivity contribution in [2.75, 3.05) is 13.7 Å². The van der Waals surface area contributed by atoms with Crippen LogP contribution < -0.4 is 0 Å². The molecule has 0 N–H and O–H groups in total. The molecule has 0 saturated heterocycles. The van der Waals surface area contributed by atoms with Gasteiger partial charge in [-0.25, -0.2) is 0 Å². The summed E-state index contributed by atoms with van der Waals surface area (Å²) in [5.41, 5.74) is 4.45. The molecule has 0 aromatic heterocycles. The Kier molecular flexibility index (Phi) is 17.6. The Morgan fingerprint density at radius 1 is 0.604 bits per heavy atom. The third kappa shape index (κ3) is 13.9. The minimum Gasteiger partial charge on any atom is -0.464 e. The van der Waals surface area contributed by atoms with Gasteiger partial charge in [-0.1, -0.05) is 173 Å². The fourth-order valence-electron chi connectivity index (χ4n) is 6.87. The Hall–Kier alpha value is -3.78. The molecule has 53 heavy (non-hydrogen) atoms. The minimum absolute atomic E-state index is 0.128. The number of unbranched alkanes of at least 4 members (excludes halogenated alkanes) is 6. The molecule has 4 atom stereocenters. The van der Waals surface area contributed by atoms with Crippen LogP contribution in [0.15, 0.2) is 133 Å². The van der Waals surface area contributed by atoms with Gasteiger partial charge in [-0.15, -0.1) is 0 Å². The van der Waals surface area contributed by atoms with Gasteiger partial charge in [0.2, 0.25) is 5.79 Å². The summed E-state index contributed by atoms with van der Waals surface area (Å²) in [4.78, 5) is 0. The summed E-state index contributed by atoms with van der Waals surface area (Å²) >= 11 is 0. The highest BCUT2D eigenvalue weighted by molar-refractivity contribution is 5.18. The smallest absolute Gasteiger partial charge is 0.241 e. The summed E-state index contributed by atoms with van der Waals surface area (Å²) in [6.07, 6.45) is 11.5. The lowest BCUT2D eigenvalue weighted by molar-refractivity contribution is -0.307. The van der Waals surface area contributed by atoms with Crippen LogP contribution in [0.3, 0.4) is 0 Å². The van der Waals surface area contributed by atoms with E-state index in [1.165, 1.54) is 38.5 Å². The van der Waals surface area contributed by atoms with Crippen LogP contribution in [0.25, 0.3) is 0 Å². The van der Waals surface area contributed by atoms with Gasteiger partial charge >= 0.3 is 0 Å². The monoisotopic (exact) mass is 720 g/mol. The van der Waals surface area contributed by atoms with Crippen LogP contribution in [0.1, 0.15) is 93.4 Å². The second-order valence-corrected chi connectivity index (χ2v) is 14.1. The van der Waals surface area contributed by atoms with E-state index in [-0.39, 0.29) is 6.10 Å². The number of hydrogen-bond acceptors (Lipinski definition) is 6. The maximum Gasteiger partial charge on any atom is 0.241 e. The molecule has 0 aliphatic carbocycles. The number of ether oxygens (including phenoxy) is 6. The first-order valence-corrected chi connectivity index (χ1v) is 19.7. The lowest BCUT2D eigenvalue weighted by atomic mass is 9.91. The van der Waals surface area contributed by atoms with Gasteiger partial charge in [0.25, 0.3) is 0 Å². The maximum absolute atomic E-state index is 6.99. The predicted molar refractivity (Wildman–Crippen MR) is 212 cm³/mol. The van der Waals surface area contributed by atoms with Crippen LogP contribution in [0, 0.1) is 0 Å². The van der Waals surface area contributed by atoms with Crippen LogP contribution in [-0.4, -0.2) is 37.8 Å². The number of rotatable bonds is 25. The van der Waals surface area contributed by atoms with Crippen molar-refractivity contribution in [1.29, 1.82) is 0 Å². The van der Waals surface area contributed by atoms with Crippen molar-refractivity contribution in [3.63, 3.8) is 0 Å². The van der Waals surface area contributed by atoms with Crippen LogP contribution >= 0.6 is 0 Å². The number of methoxy groups -OCH3 is 1. The van der Waals surface area contributed by atoms with Crippen molar-refractivity contribution in [2.24, 2.45) is 0 Å². The standard InChI is InChI=1S/C47H60O6/c1-3-4-5-6-7-8-21-30-44(50-36-40-24-15-10-16-25-40)34-47(48-2)46(52-38-42-28-19-12-20-29-42)45(51-37-41-26-17-11-18-27-41)33-43(53-47)31-32-49-35-39-22-13-9-14-23-39/h9-20,22-29,33,44-46H,3-8,21,30-32,34-38H2,1-2H3/t44-,45+,46+,47+/m1/s1. The quantitative estimate of drug-likeness (QED) is 0.0636. The molecule has 0 fully saturated rings. The lowest BCUT2D eigenvalue weighted by Gasteiger charge is -2.46. The van der Waals surface area contributed by atoms with Gasteiger partial charge in [-0.05, 0) is 34.8 Å². The molecule has 284 valence electrons. The second kappa shape index (κ2) is 23.1. The van der Waals surface area contributed by atoms with Crippen LogP contribution in [0.4, 0.5) is 0 Å². The summed E-state index contributed by atoms with van der Waals surface area (Å²) in [6, 6.07) is 41.1. The van der Waals surface area contributed by atoms with E-state index >= 15 is 0 Å². The molecule has 6 nitrogen and oxygen atoms in total. The molecular formula is C47H60O6. The van der Waals surface area contributed by atoms with Gasteiger partial charge in [-0.2, -0.15) is 0 Å². The van der Waals surface area contributed by atoms with Gasteiger partial charge in [-0.3, -0.25) is 0 Å². The summed E-state index contributed by atoms with van der Waals surface area (Å²) in [5, 5.41) is 0. The molecule has 4 aromatic carbocycles. The maximum atomic E-state index is 6.99. The van der Waals surface area contributed by atoms with E-state index in [1.807, 2.05) is 60.7 Å². The molecule has 0 unspecified atom stereocenters. The second-order valence-electron chi connectivity index (χ2n) is 14.1. The predicted octanol–water partition coefficient (Wildman–Crippen LogP) is 11.1. The zero-order valence-corrected chi connectivity index (χ0v) is 31.9. The lowest BCUT2D eigenvalue weighted by Crippen LogP contribution is -2.58. The summed E-state index contributed by atoms with van der Waals surface area (Å²) < 4.78 is 40.0. The van der Waals surface area contributed by atoms with Crippen molar-refractivity contribution in [2.45, 2.75) is 122 Å². The zero-order chi connectivity index (χ0) is 36.8.